The Bertz CT molecular complexity index is 1390. The Morgan fingerprint density at radius 2 is 1.29 bits per heavy atom. The van der Waals surface area contributed by atoms with Crippen molar-refractivity contribution in [3.63, 3.8) is 0 Å². The summed E-state index contributed by atoms with van der Waals surface area (Å²) in [5, 5.41) is 0. The van der Waals surface area contributed by atoms with Gasteiger partial charge in [-0.1, -0.05) is 30.3 Å². The van der Waals surface area contributed by atoms with E-state index in [0.717, 1.165) is 58.2 Å². The fourth-order valence-corrected chi connectivity index (χ4v) is 5.38. The number of fused-ring (bicyclic) bond motifs is 1. The van der Waals surface area contributed by atoms with E-state index < -0.39 is 11.7 Å². The number of rotatable bonds is 9. The van der Waals surface area contributed by atoms with E-state index in [0.29, 0.717) is 25.3 Å². The van der Waals surface area contributed by atoms with E-state index in [1.165, 1.54) is 0 Å². The van der Waals surface area contributed by atoms with Crippen LogP contribution in [0.2, 0.25) is 0 Å². The Kier molecular flexibility index (Phi) is 8.40. The lowest BCUT2D eigenvalue weighted by atomic mass is 9.94. The molecule has 1 aliphatic heterocycles. The van der Waals surface area contributed by atoms with Gasteiger partial charge in [0.2, 0.25) is 0 Å². The van der Waals surface area contributed by atoms with Gasteiger partial charge >= 0.3 is 6.18 Å². The van der Waals surface area contributed by atoms with Crippen LogP contribution in [0, 0.1) is 0 Å². The van der Waals surface area contributed by atoms with E-state index in [1.54, 1.807) is 33.5 Å². The third-order valence-electron chi connectivity index (χ3n) is 7.56. The average molecular weight is 563 g/mol. The zero-order valence-corrected chi connectivity index (χ0v) is 23.3. The third-order valence-corrected chi connectivity index (χ3v) is 7.56. The SMILES string of the molecule is COc1ccc(CN(Cc2ccc(OC)cc2)C2Cc3c(OC)cccc3N(c3ccc(C(F)(F)F)cc3)C2)cc1. The lowest BCUT2D eigenvalue weighted by Gasteiger charge is -2.42. The number of halogens is 3. The maximum absolute atomic E-state index is 13.3. The number of hydrogen-bond donors (Lipinski definition) is 0. The molecule has 0 bridgehead atoms. The largest absolute Gasteiger partial charge is 0.497 e. The molecule has 4 aromatic carbocycles. The van der Waals surface area contributed by atoms with Gasteiger partial charge in [-0.15, -0.1) is 0 Å². The lowest BCUT2D eigenvalue weighted by molar-refractivity contribution is -0.137. The monoisotopic (exact) mass is 562 g/mol. The number of benzene rings is 4. The molecule has 214 valence electrons. The van der Waals surface area contributed by atoms with E-state index in [1.807, 2.05) is 42.5 Å². The minimum absolute atomic E-state index is 0.0327. The summed E-state index contributed by atoms with van der Waals surface area (Å²) in [6.45, 7) is 1.94. The van der Waals surface area contributed by atoms with Crippen molar-refractivity contribution >= 4 is 11.4 Å². The Balaban J connectivity index is 1.52. The molecule has 0 saturated carbocycles. The minimum Gasteiger partial charge on any atom is -0.497 e. The van der Waals surface area contributed by atoms with Crippen LogP contribution in [-0.4, -0.2) is 38.8 Å². The van der Waals surface area contributed by atoms with Crippen molar-refractivity contribution in [1.29, 1.82) is 0 Å². The van der Waals surface area contributed by atoms with Crippen LogP contribution >= 0.6 is 0 Å². The fraction of sp³-hybridized carbons (Fsp3) is 0.273. The molecule has 1 atom stereocenters. The van der Waals surface area contributed by atoms with Gasteiger partial charge in [0.05, 0.1) is 26.9 Å². The molecule has 1 aliphatic rings. The smallest absolute Gasteiger partial charge is 0.416 e. The van der Waals surface area contributed by atoms with E-state index in [9.17, 15) is 13.2 Å². The standard InChI is InChI=1S/C33H33F3N2O3/c1-39-28-15-7-23(8-16-28)20-37(21-24-9-17-29(40-2)18-10-24)27-19-30-31(5-4-6-32(30)41-3)38(22-27)26-13-11-25(12-14-26)33(34,35)36/h4-18,27H,19-22H2,1-3H3. The number of anilines is 2. The topological polar surface area (TPSA) is 34.2 Å². The van der Waals surface area contributed by atoms with Crippen molar-refractivity contribution in [2.24, 2.45) is 0 Å². The Morgan fingerprint density at radius 3 is 1.78 bits per heavy atom. The second-order valence-electron chi connectivity index (χ2n) is 10.1. The van der Waals surface area contributed by atoms with Gasteiger partial charge in [0.25, 0.3) is 0 Å². The Labute approximate surface area is 238 Å². The quantitative estimate of drug-likeness (QED) is 0.211. The van der Waals surface area contributed by atoms with Gasteiger partial charge in [0.15, 0.2) is 0 Å². The summed E-state index contributed by atoms with van der Waals surface area (Å²) < 4.78 is 56.4. The summed E-state index contributed by atoms with van der Waals surface area (Å²) in [4.78, 5) is 4.51. The number of methoxy groups -OCH3 is 3. The molecule has 8 heteroatoms. The molecular weight excluding hydrogens is 529 g/mol. The minimum atomic E-state index is -4.39. The van der Waals surface area contributed by atoms with Gasteiger partial charge in [-0.25, -0.2) is 0 Å². The van der Waals surface area contributed by atoms with Gasteiger partial charge in [-0.2, -0.15) is 13.2 Å². The zero-order valence-electron chi connectivity index (χ0n) is 23.3. The van der Waals surface area contributed by atoms with E-state index >= 15 is 0 Å². The molecule has 41 heavy (non-hydrogen) atoms. The first-order valence-corrected chi connectivity index (χ1v) is 13.4. The van der Waals surface area contributed by atoms with Gasteiger partial charge in [-0.3, -0.25) is 4.90 Å². The molecule has 0 spiro atoms. The second kappa shape index (κ2) is 12.1. The predicted molar refractivity (Wildman–Crippen MR) is 154 cm³/mol. The molecule has 0 aliphatic carbocycles. The molecule has 0 aromatic heterocycles. The van der Waals surface area contributed by atoms with Crippen LogP contribution in [0.1, 0.15) is 22.3 Å². The second-order valence-corrected chi connectivity index (χ2v) is 10.1. The highest BCUT2D eigenvalue weighted by Gasteiger charge is 2.33. The highest BCUT2D eigenvalue weighted by Crippen LogP contribution is 2.41. The Morgan fingerprint density at radius 1 is 0.732 bits per heavy atom. The van der Waals surface area contributed by atoms with Crippen LogP contribution in [-0.2, 0) is 25.7 Å². The first kappa shape index (κ1) is 28.4. The van der Waals surface area contributed by atoms with Gasteiger partial charge in [0, 0.05) is 42.6 Å². The van der Waals surface area contributed by atoms with Crippen LogP contribution in [0.25, 0.3) is 0 Å². The van der Waals surface area contributed by atoms with Crippen LogP contribution < -0.4 is 19.1 Å². The molecular formula is C33H33F3N2O3. The normalized spacial score (nSPS) is 15.0. The maximum atomic E-state index is 13.3. The van der Waals surface area contributed by atoms with Crippen LogP contribution in [0.15, 0.2) is 91.0 Å². The predicted octanol–water partition coefficient (Wildman–Crippen LogP) is 7.50. The van der Waals surface area contributed by atoms with E-state index in [2.05, 4.69) is 34.1 Å². The van der Waals surface area contributed by atoms with Crippen LogP contribution in [0.3, 0.4) is 0 Å². The van der Waals surface area contributed by atoms with Gasteiger partial charge < -0.3 is 19.1 Å². The molecule has 0 saturated heterocycles. The highest BCUT2D eigenvalue weighted by molar-refractivity contribution is 5.71. The van der Waals surface area contributed by atoms with Gasteiger partial charge in [-0.05, 0) is 78.2 Å². The van der Waals surface area contributed by atoms with E-state index in [-0.39, 0.29) is 6.04 Å². The molecule has 0 N–H and O–H groups in total. The molecule has 1 unspecified atom stereocenters. The van der Waals surface area contributed by atoms with Gasteiger partial charge in [0.1, 0.15) is 17.2 Å². The number of nitrogens with zero attached hydrogens (tertiary/aromatic N) is 2. The summed E-state index contributed by atoms with van der Waals surface area (Å²) >= 11 is 0. The average Bonchev–Trinajstić information content (AvgIpc) is 3.00. The summed E-state index contributed by atoms with van der Waals surface area (Å²) in [6.07, 6.45) is -3.67. The molecule has 1 heterocycles. The van der Waals surface area contributed by atoms with E-state index in [4.69, 9.17) is 14.2 Å². The Hall–Kier alpha value is -4.17. The first-order valence-electron chi connectivity index (χ1n) is 13.4. The van der Waals surface area contributed by atoms with Crippen molar-refractivity contribution in [2.45, 2.75) is 31.7 Å². The maximum Gasteiger partial charge on any atom is 0.416 e. The highest BCUT2D eigenvalue weighted by atomic mass is 19.4. The van der Waals surface area contributed by atoms with Crippen molar-refractivity contribution in [1.82, 2.24) is 4.90 Å². The van der Waals surface area contributed by atoms with Crippen LogP contribution in [0.5, 0.6) is 17.2 Å². The first-order chi connectivity index (χ1) is 19.8. The number of hydrogen-bond acceptors (Lipinski definition) is 5. The molecule has 0 radical (unpaired) electrons. The molecule has 5 rings (SSSR count). The lowest BCUT2D eigenvalue weighted by Crippen LogP contribution is -2.46. The summed E-state index contributed by atoms with van der Waals surface area (Å²) in [5.41, 5.74) is 4.26. The molecule has 5 nitrogen and oxygen atoms in total. The van der Waals surface area contributed by atoms with Crippen molar-refractivity contribution in [3.05, 3.63) is 113 Å². The van der Waals surface area contributed by atoms with Crippen molar-refractivity contribution < 1.29 is 27.4 Å². The number of alkyl halides is 3. The summed E-state index contributed by atoms with van der Waals surface area (Å²) in [7, 11) is 4.94. The molecule has 4 aromatic rings. The molecule has 0 fully saturated rings. The van der Waals surface area contributed by atoms with Crippen molar-refractivity contribution in [3.8, 4) is 17.2 Å². The number of ether oxygens (including phenoxy) is 3. The summed E-state index contributed by atoms with van der Waals surface area (Å²) in [5.74, 6) is 2.35. The third kappa shape index (κ3) is 6.43. The summed E-state index contributed by atoms with van der Waals surface area (Å²) in [6, 6.07) is 27.3. The fourth-order valence-electron chi connectivity index (χ4n) is 5.38. The molecule has 0 amide bonds. The zero-order chi connectivity index (χ0) is 29.0. The van der Waals surface area contributed by atoms with Crippen LogP contribution in [0.4, 0.5) is 24.5 Å². The van der Waals surface area contributed by atoms with Crippen molar-refractivity contribution in [2.75, 3.05) is 32.8 Å².